The van der Waals surface area contributed by atoms with Crippen molar-refractivity contribution in [1.29, 1.82) is 0 Å². The topological polar surface area (TPSA) is 35.0 Å². The van der Waals surface area contributed by atoms with Crippen LogP contribution in [-0.2, 0) is 6.42 Å². The van der Waals surface area contributed by atoms with E-state index in [2.05, 4.69) is 48.1 Å². The summed E-state index contributed by atoms with van der Waals surface area (Å²) in [7, 11) is 0. The van der Waals surface area contributed by atoms with Gasteiger partial charge in [-0.1, -0.05) is 134 Å². The van der Waals surface area contributed by atoms with Crippen LogP contribution in [0.1, 0.15) is 129 Å². The Balaban J connectivity index is 1.56. The smallest absolute Gasteiger partial charge is 0.159 e. The summed E-state index contributed by atoms with van der Waals surface area (Å²) >= 11 is 0. The van der Waals surface area contributed by atoms with E-state index in [9.17, 15) is 0 Å². The SMILES string of the molecule is CCCCCCCCCCCOc1cnc(-c2ccc(CCCCCCCCCC)cc2)nc1. The van der Waals surface area contributed by atoms with E-state index in [1.165, 1.54) is 115 Å². The zero-order chi connectivity index (χ0) is 24.1. The van der Waals surface area contributed by atoms with Gasteiger partial charge >= 0.3 is 0 Å². The maximum Gasteiger partial charge on any atom is 0.159 e. The highest BCUT2D eigenvalue weighted by Gasteiger charge is 2.03. The lowest BCUT2D eigenvalue weighted by Crippen LogP contribution is -1.99. The zero-order valence-corrected chi connectivity index (χ0v) is 22.2. The van der Waals surface area contributed by atoms with Crippen LogP contribution in [0, 0.1) is 0 Å². The van der Waals surface area contributed by atoms with E-state index in [-0.39, 0.29) is 0 Å². The first-order chi connectivity index (χ1) is 16.8. The average Bonchev–Trinajstić information content (AvgIpc) is 2.87. The second-order valence-electron chi connectivity index (χ2n) is 9.84. The standard InChI is InChI=1S/C31H50N2O/c1-3-5-7-9-11-13-15-17-19-25-34-30-26-32-31(33-27-30)29-23-21-28(22-24-29)20-18-16-14-12-10-8-6-4-2/h21-24,26-27H,3-20,25H2,1-2H3. The Hall–Kier alpha value is -1.90. The summed E-state index contributed by atoms with van der Waals surface area (Å²) in [6, 6.07) is 8.76. The van der Waals surface area contributed by atoms with Gasteiger partial charge in [0.15, 0.2) is 11.6 Å². The van der Waals surface area contributed by atoms with Gasteiger partial charge in [0.05, 0.1) is 19.0 Å². The highest BCUT2D eigenvalue weighted by Crippen LogP contribution is 2.19. The van der Waals surface area contributed by atoms with E-state index in [4.69, 9.17) is 4.74 Å². The number of hydrogen-bond donors (Lipinski definition) is 0. The number of aromatic nitrogens is 2. The molecule has 0 amide bonds. The number of unbranched alkanes of at least 4 members (excludes halogenated alkanes) is 15. The minimum Gasteiger partial charge on any atom is -0.490 e. The lowest BCUT2D eigenvalue weighted by atomic mass is 10.0. The van der Waals surface area contributed by atoms with Gasteiger partial charge in [0, 0.05) is 5.56 Å². The lowest BCUT2D eigenvalue weighted by Gasteiger charge is -2.07. The molecule has 0 atom stereocenters. The Morgan fingerprint density at radius 3 is 1.56 bits per heavy atom. The summed E-state index contributed by atoms with van der Waals surface area (Å²) < 4.78 is 5.84. The fourth-order valence-electron chi connectivity index (χ4n) is 4.43. The molecule has 0 aliphatic heterocycles. The minimum absolute atomic E-state index is 0.756. The molecular formula is C31H50N2O. The van der Waals surface area contributed by atoms with Gasteiger partial charge in [0.25, 0.3) is 0 Å². The van der Waals surface area contributed by atoms with Crippen molar-refractivity contribution in [3.63, 3.8) is 0 Å². The molecule has 1 aromatic heterocycles. The molecule has 0 fully saturated rings. The van der Waals surface area contributed by atoms with Crippen molar-refractivity contribution >= 4 is 0 Å². The zero-order valence-electron chi connectivity index (χ0n) is 22.2. The van der Waals surface area contributed by atoms with E-state index in [0.717, 1.165) is 30.2 Å². The molecule has 0 radical (unpaired) electrons. The normalized spacial score (nSPS) is 11.1. The molecule has 190 valence electrons. The van der Waals surface area contributed by atoms with Crippen molar-refractivity contribution in [2.45, 2.75) is 129 Å². The first-order valence-corrected chi connectivity index (χ1v) is 14.4. The first kappa shape index (κ1) is 28.3. The third-order valence-corrected chi connectivity index (χ3v) is 6.68. The molecule has 0 N–H and O–H groups in total. The van der Waals surface area contributed by atoms with Gasteiger partial charge < -0.3 is 4.74 Å². The number of hydrogen-bond acceptors (Lipinski definition) is 3. The molecule has 3 heteroatoms. The molecule has 34 heavy (non-hydrogen) atoms. The van der Waals surface area contributed by atoms with E-state index in [1.807, 2.05) is 12.4 Å². The quantitative estimate of drug-likeness (QED) is 0.172. The monoisotopic (exact) mass is 466 g/mol. The highest BCUT2D eigenvalue weighted by atomic mass is 16.5. The number of aryl methyl sites for hydroxylation is 1. The predicted molar refractivity (Wildman–Crippen MR) is 147 cm³/mol. The molecule has 0 spiro atoms. The Kier molecular flexibility index (Phi) is 16.2. The maximum absolute atomic E-state index is 5.84. The van der Waals surface area contributed by atoms with Crippen LogP contribution >= 0.6 is 0 Å². The minimum atomic E-state index is 0.756. The van der Waals surface area contributed by atoms with Crippen LogP contribution in [0.3, 0.4) is 0 Å². The molecule has 0 unspecified atom stereocenters. The number of benzene rings is 1. The fourth-order valence-corrected chi connectivity index (χ4v) is 4.43. The Labute approximate surface area is 210 Å². The van der Waals surface area contributed by atoms with E-state index in [1.54, 1.807) is 0 Å². The second kappa shape index (κ2) is 19.4. The van der Waals surface area contributed by atoms with Crippen molar-refractivity contribution in [3.8, 4) is 17.1 Å². The molecule has 1 heterocycles. The molecular weight excluding hydrogens is 416 g/mol. The molecule has 2 aromatic rings. The van der Waals surface area contributed by atoms with Crippen LogP contribution in [-0.4, -0.2) is 16.6 Å². The van der Waals surface area contributed by atoms with Crippen LogP contribution in [0.2, 0.25) is 0 Å². The third-order valence-electron chi connectivity index (χ3n) is 6.68. The van der Waals surface area contributed by atoms with Gasteiger partial charge in [0.1, 0.15) is 0 Å². The van der Waals surface area contributed by atoms with Crippen molar-refractivity contribution in [1.82, 2.24) is 9.97 Å². The van der Waals surface area contributed by atoms with Crippen molar-refractivity contribution in [3.05, 3.63) is 42.2 Å². The van der Waals surface area contributed by atoms with Gasteiger partial charge in [-0.15, -0.1) is 0 Å². The highest BCUT2D eigenvalue weighted by molar-refractivity contribution is 5.55. The van der Waals surface area contributed by atoms with Crippen LogP contribution in [0.5, 0.6) is 5.75 Å². The average molecular weight is 467 g/mol. The van der Waals surface area contributed by atoms with Crippen LogP contribution < -0.4 is 4.74 Å². The molecule has 0 aliphatic rings. The summed E-state index contributed by atoms with van der Waals surface area (Å²) in [6.45, 7) is 5.31. The van der Waals surface area contributed by atoms with Crippen LogP contribution in [0.15, 0.2) is 36.7 Å². The number of ether oxygens (including phenoxy) is 1. The Bertz CT molecular complexity index is 711. The lowest BCUT2D eigenvalue weighted by molar-refractivity contribution is 0.302. The Morgan fingerprint density at radius 1 is 0.559 bits per heavy atom. The molecule has 0 saturated carbocycles. The van der Waals surface area contributed by atoms with Crippen LogP contribution in [0.25, 0.3) is 11.4 Å². The predicted octanol–water partition coefficient (Wildman–Crippen LogP) is 9.74. The number of rotatable bonds is 21. The first-order valence-electron chi connectivity index (χ1n) is 14.4. The van der Waals surface area contributed by atoms with Gasteiger partial charge in [-0.05, 0) is 24.8 Å². The third kappa shape index (κ3) is 13.1. The van der Waals surface area contributed by atoms with Gasteiger partial charge in [-0.3, -0.25) is 0 Å². The Morgan fingerprint density at radius 2 is 1.03 bits per heavy atom. The molecule has 3 nitrogen and oxygen atoms in total. The van der Waals surface area contributed by atoms with Gasteiger partial charge in [-0.25, -0.2) is 9.97 Å². The van der Waals surface area contributed by atoms with Gasteiger partial charge in [-0.2, -0.15) is 0 Å². The summed E-state index contributed by atoms with van der Waals surface area (Å²) in [4.78, 5) is 9.05. The molecule has 0 bridgehead atoms. The molecule has 0 aliphatic carbocycles. The molecule has 0 saturated heterocycles. The maximum atomic E-state index is 5.84. The second-order valence-corrected chi connectivity index (χ2v) is 9.84. The number of nitrogens with zero attached hydrogens (tertiary/aromatic N) is 2. The van der Waals surface area contributed by atoms with E-state index in [0.29, 0.717) is 0 Å². The van der Waals surface area contributed by atoms with Crippen molar-refractivity contribution in [2.24, 2.45) is 0 Å². The molecule has 2 rings (SSSR count). The summed E-state index contributed by atoms with van der Waals surface area (Å²) in [6.07, 6.45) is 27.7. The van der Waals surface area contributed by atoms with Crippen molar-refractivity contribution < 1.29 is 4.74 Å². The summed E-state index contributed by atoms with van der Waals surface area (Å²) in [5.41, 5.74) is 2.49. The summed E-state index contributed by atoms with van der Waals surface area (Å²) in [5, 5.41) is 0. The summed E-state index contributed by atoms with van der Waals surface area (Å²) in [5.74, 6) is 1.55. The van der Waals surface area contributed by atoms with Crippen molar-refractivity contribution in [2.75, 3.05) is 6.61 Å². The van der Waals surface area contributed by atoms with E-state index < -0.39 is 0 Å². The van der Waals surface area contributed by atoms with Crippen LogP contribution in [0.4, 0.5) is 0 Å². The largest absolute Gasteiger partial charge is 0.490 e. The van der Waals surface area contributed by atoms with Gasteiger partial charge in [0.2, 0.25) is 0 Å². The van der Waals surface area contributed by atoms with E-state index >= 15 is 0 Å². The molecule has 1 aromatic carbocycles. The fraction of sp³-hybridized carbons (Fsp3) is 0.677.